The third kappa shape index (κ3) is 4.60. The number of benzene rings is 1. The molecule has 4 nitrogen and oxygen atoms in total. The van der Waals surface area contributed by atoms with Crippen LogP contribution in [0.15, 0.2) is 61.0 Å². The highest BCUT2D eigenvalue weighted by Gasteiger charge is 2.16. The van der Waals surface area contributed by atoms with Gasteiger partial charge >= 0.3 is 0 Å². The number of halogens is 1. The van der Waals surface area contributed by atoms with Gasteiger partial charge in [0.25, 0.3) is 0 Å². The number of pyridine rings is 1. The fourth-order valence-electron chi connectivity index (χ4n) is 3.76. The number of nitrogens with zero attached hydrogens (tertiary/aromatic N) is 2. The van der Waals surface area contributed by atoms with Gasteiger partial charge in [-0.05, 0) is 66.2 Å². The average Bonchev–Trinajstić information content (AvgIpc) is 2.98. The second-order valence-corrected chi connectivity index (χ2v) is 7.82. The Hall–Kier alpha value is -2.85. The molecule has 2 aliphatic rings. The summed E-state index contributed by atoms with van der Waals surface area (Å²) in [5.74, 6) is 0.901. The molecule has 1 aromatic carbocycles. The van der Waals surface area contributed by atoms with Gasteiger partial charge < -0.3 is 10.2 Å². The van der Waals surface area contributed by atoms with Crippen molar-refractivity contribution in [1.29, 1.82) is 0 Å². The Bertz CT molecular complexity index is 1010. The minimum atomic E-state index is 0.0306. The normalized spacial score (nSPS) is 16.8. The van der Waals surface area contributed by atoms with E-state index in [-0.39, 0.29) is 5.91 Å². The predicted octanol–water partition coefficient (Wildman–Crippen LogP) is 5.33. The van der Waals surface area contributed by atoms with Crippen molar-refractivity contribution in [3.8, 4) is 0 Å². The highest BCUT2D eigenvalue weighted by Crippen LogP contribution is 2.28. The maximum atomic E-state index is 12.7. The molecule has 0 fully saturated rings. The number of rotatable bonds is 3. The minimum Gasteiger partial charge on any atom is -0.344 e. The van der Waals surface area contributed by atoms with E-state index >= 15 is 0 Å². The van der Waals surface area contributed by atoms with Crippen LogP contribution in [0.3, 0.4) is 0 Å². The van der Waals surface area contributed by atoms with Crippen molar-refractivity contribution in [1.82, 2.24) is 9.88 Å². The van der Waals surface area contributed by atoms with Crippen LogP contribution < -0.4 is 5.32 Å². The average molecular weight is 406 g/mol. The highest BCUT2D eigenvalue weighted by atomic mass is 35.5. The smallest absolute Gasteiger partial charge is 0.246 e. The van der Waals surface area contributed by atoms with Crippen molar-refractivity contribution >= 4 is 35.0 Å². The Balaban J connectivity index is 1.39. The van der Waals surface area contributed by atoms with Gasteiger partial charge in [0, 0.05) is 36.1 Å². The van der Waals surface area contributed by atoms with Crippen molar-refractivity contribution in [2.24, 2.45) is 0 Å². The number of carbonyl (C=O) groups is 1. The molecular weight excluding hydrogens is 382 g/mol. The van der Waals surface area contributed by atoms with Gasteiger partial charge in [0.2, 0.25) is 5.91 Å². The first-order valence-electron chi connectivity index (χ1n) is 9.95. The van der Waals surface area contributed by atoms with E-state index in [1.807, 2.05) is 35.2 Å². The number of fused-ring (bicyclic) bond motifs is 1. The molecule has 1 amide bonds. The first-order valence-corrected chi connectivity index (χ1v) is 10.3. The minimum absolute atomic E-state index is 0.0306. The molecule has 2 aliphatic heterocycles. The second-order valence-electron chi connectivity index (χ2n) is 7.41. The third-order valence-corrected chi connectivity index (χ3v) is 5.70. The van der Waals surface area contributed by atoms with E-state index in [1.54, 1.807) is 12.3 Å². The molecule has 0 spiro atoms. The zero-order valence-electron chi connectivity index (χ0n) is 16.3. The van der Waals surface area contributed by atoms with Gasteiger partial charge in [-0.3, -0.25) is 4.79 Å². The van der Waals surface area contributed by atoms with Crippen LogP contribution in [-0.4, -0.2) is 28.9 Å². The van der Waals surface area contributed by atoms with Gasteiger partial charge in [0.15, 0.2) is 0 Å². The van der Waals surface area contributed by atoms with Crippen LogP contribution >= 0.6 is 11.6 Å². The monoisotopic (exact) mass is 405 g/mol. The molecule has 3 heterocycles. The van der Waals surface area contributed by atoms with Crippen LogP contribution in [0.25, 0.3) is 11.6 Å². The molecule has 5 heteroatoms. The van der Waals surface area contributed by atoms with E-state index in [2.05, 4.69) is 29.0 Å². The van der Waals surface area contributed by atoms with Crippen molar-refractivity contribution < 1.29 is 4.79 Å². The lowest BCUT2D eigenvalue weighted by Crippen LogP contribution is -2.30. The van der Waals surface area contributed by atoms with Gasteiger partial charge in [-0.25, -0.2) is 4.98 Å². The number of aryl methyl sites for hydroxylation is 1. The summed E-state index contributed by atoms with van der Waals surface area (Å²) in [6, 6.07) is 9.97. The largest absolute Gasteiger partial charge is 0.344 e. The number of hydrogen-bond donors (Lipinski definition) is 1. The van der Waals surface area contributed by atoms with Gasteiger partial charge in [-0.15, -0.1) is 0 Å². The van der Waals surface area contributed by atoms with Gasteiger partial charge in [-0.2, -0.15) is 0 Å². The van der Waals surface area contributed by atoms with Crippen molar-refractivity contribution in [2.45, 2.75) is 25.7 Å². The zero-order valence-corrected chi connectivity index (χ0v) is 17.1. The van der Waals surface area contributed by atoms with Gasteiger partial charge in [0.05, 0.1) is 0 Å². The van der Waals surface area contributed by atoms with E-state index < -0.39 is 0 Å². The maximum absolute atomic E-state index is 12.7. The number of anilines is 1. The van der Waals surface area contributed by atoms with E-state index in [1.165, 1.54) is 5.57 Å². The number of allylic oxidation sites excluding steroid dienone is 1. The number of hydrogen-bond acceptors (Lipinski definition) is 3. The standard InChI is InChI=1S/C24H24ClN3O/c1-17-8-10-20-15-18(16-26-24(20)27-17)9-11-23(29)28-13-4-5-19(12-14-28)21-6-2-3-7-22(21)25/h2-3,5-7,9,11,15-16H,1,4,8,10,12-14H2,(H,26,27)/b11-9+. The zero-order chi connectivity index (χ0) is 20.2. The summed E-state index contributed by atoms with van der Waals surface area (Å²) >= 11 is 6.34. The molecule has 0 atom stereocenters. The maximum Gasteiger partial charge on any atom is 0.246 e. The van der Waals surface area contributed by atoms with Crippen LogP contribution in [-0.2, 0) is 11.2 Å². The Morgan fingerprint density at radius 1 is 1.21 bits per heavy atom. The summed E-state index contributed by atoms with van der Waals surface area (Å²) in [5, 5.41) is 3.97. The Morgan fingerprint density at radius 3 is 2.93 bits per heavy atom. The lowest BCUT2D eigenvalue weighted by Gasteiger charge is -2.19. The molecule has 0 aliphatic carbocycles. The summed E-state index contributed by atoms with van der Waals surface area (Å²) in [4.78, 5) is 19.1. The molecule has 0 bridgehead atoms. The summed E-state index contributed by atoms with van der Waals surface area (Å²) in [7, 11) is 0. The van der Waals surface area contributed by atoms with E-state index in [0.717, 1.165) is 58.9 Å². The molecule has 0 radical (unpaired) electrons. The molecule has 1 aromatic heterocycles. The molecule has 0 unspecified atom stereocenters. The number of amides is 1. The van der Waals surface area contributed by atoms with E-state index in [9.17, 15) is 4.79 Å². The van der Waals surface area contributed by atoms with Crippen molar-refractivity contribution in [3.05, 3.63) is 82.7 Å². The molecule has 2 aromatic rings. The van der Waals surface area contributed by atoms with Crippen molar-refractivity contribution in [2.75, 3.05) is 18.4 Å². The summed E-state index contributed by atoms with van der Waals surface area (Å²) < 4.78 is 0. The molecule has 148 valence electrons. The van der Waals surface area contributed by atoms with E-state index in [0.29, 0.717) is 13.1 Å². The quantitative estimate of drug-likeness (QED) is 0.702. The molecule has 0 saturated heterocycles. The van der Waals surface area contributed by atoms with Crippen LogP contribution in [0.2, 0.25) is 5.02 Å². The van der Waals surface area contributed by atoms with Crippen LogP contribution in [0, 0.1) is 0 Å². The summed E-state index contributed by atoms with van der Waals surface area (Å²) in [6.07, 6.45) is 11.0. The number of nitrogens with one attached hydrogen (secondary N) is 1. The first kappa shape index (κ1) is 19.5. The van der Waals surface area contributed by atoms with Gasteiger partial charge in [0.1, 0.15) is 5.82 Å². The van der Waals surface area contributed by atoms with Crippen molar-refractivity contribution in [3.63, 3.8) is 0 Å². The fourth-order valence-corrected chi connectivity index (χ4v) is 4.02. The van der Waals surface area contributed by atoms with Crippen LogP contribution in [0.4, 0.5) is 5.82 Å². The lowest BCUT2D eigenvalue weighted by molar-refractivity contribution is -0.125. The Kier molecular flexibility index (Phi) is 5.81. The number of aromatic nitrogens is 1. The van der Waals surface area contributed by atoms with Crippen LogP contribution in [0.5, 0.6) is 0 Å². The summed E-state index contributed by atoms with van der Waals surface area (Å²) in [5.41, 5.74) is 5.37. The van der Waals surface area contributed by atoms with E-state index in [4.69, 9.17) is 11.6 Å². The number of carbonyl (C=O) groups excluding carboxylic acids is 1. The highest BCUT2D eigenvalue weighted by molar-refractivity contribution is 6.32. The first-order chi connectivity index (χ1) is 14.1. The third-order valence-electron chi connectivity index (χ3n) is 5.37. The molecule has 4 rings (SSSR count). The lowest BCUT2D eigenvalue weighted by atomic mass is 10.0. The SMILES string of the molecule is C=C1CCc2cc(/C=C/C(=O)N3CCC=C(c4ccccc4Cl)CC3)cnc2N1. The van der Waals surface area contributed by atoms with Gasteiger partial charge in [-0.1, -0.05) is 42.5 Å². The Morgan fingerprint density at radius 2 is 2.07 bits per heavy atom. The predicted molar refractivity (Wildman–Crippen MR) is 120 cm³/mol. The topological polar surface area (TPSA) is 45.2 Å². The van der Waals surface area contributed by atoms with Crippen LogP contribution in [0.1, 0.15) is 36.0 Å². The molecule has 0 saturated carbocycles. The summed E-state index contributed by atoms with van der Waals surface area (Å²) in [6.45, 7) is 5.36. The molecule has 29 heavy (non-hydrogen) atoms. The second kappa shape index (κ2) is 8.66. The molecule has 1 N–H and O–H groups in total. The Labute approximate surface area is 176 Å². The fraction of sp³-hybridized carbons (Fsp3) is 0.250. The molecular formula is C24H24ClN3O.